The molecular formula is C13H18N6O. The summed E-state index contributed by atoms with van der Waals surface area (Å²) in [5, 5.41) is 9.64. The monoisotopic (exact) mass is 274 g/mol. The lowest BCUT2D eigenvalue weighted by molar-refractivity contribution is 0.0943. The molecular weight excluding hydrogens is 256 g/mol. The number of carbonyl (C=O) groups excluding carboxylic acids is 1. The summed E-state index contributed by atoms with van der Waals surface area (Å²) in [7, 11) is 0. The lowest BCUT2D eigenvalue weighted by atomic mass is 10.3. The van der Waals surface area contributed by atoms with Crippen molar-refractivity contribution in [3.63, 3.8) is 0 Å². The third-order valence-corrected chi connectivity index (χ3v) is 3.36. The largest absolute Gasteiger partial charge is 0.349 e. The predicted octanol–water partition coefficient (Wildman–Crippen LogP) is 1.09. The van der Waals surface area contributed by atoms with Crippen molar-refractivity contribution in [3.8, 4) is 0 Å². The van der Waals surface area contributed by atoms with E-state index in [1.54, 1.807) is 12.5 Å². The highest BCUT2D eigenvalue weighted by Gasteiger charge is 2.28. The van der Waals surface area contributed by atoms with Crippen molar-refractivity contribution in [2.24, 2.45) is 0 Å². The Labute approximate surface area is 116 Å². The van der Waals surface area contributed by atoms with E-state index in [1.165, 1.54) is 0 Å². The Bertz CT molecular complexity index is 557. The molecule has 0 radical (unpaired) electrons. The average Bonchev–Trinajstić information content (AvgIpc) is 2.98. The van der Waals surface area contributed by atoms with Crippen molar-refractivity contribution in [1.29, 1.82) is 0 Å². The van der Waals surface area contributed by atoms with Crippen LogP contribution in [0.1, 0.15) is 48.0 Å². The Kier molecular flexibility index (Phi) is 3.76. The van der Waals surface area contributed by atoms with E-state index in [4.69, 9.17) is 0 Å². The summed E-state index contributed by atoms with van der Waals surface area (Å²) >= 11 is 0. The van der Waals surface area contributed by atoms with Gasteiger partial charge in [-0.3, -0.25) is 9.89 Å². The molecule has 0 saturated heterocycles. The van der Waals surface area contributed by atoms with Gasteiger partial charge < -0.3 is 9.88 Å². The van der Waals surface area contributed by atoms with Crippen LogP contribution in [0.4, 0.5) is 0 Å². The maximum absolute atomic E-state index is 11.8. The van der Waals surface area contributed by atoms with Gasteiger partial charge in [-0.2, -0.15) is 0 Å². The Balaban J connectivity index is 1.36. The molecule has 3 rings (SSSR count). The van der Waals surface area contributed by atoms with Crippen LogP contribution in [0.25, 0.3) is 0 Å². The Hall–Kier alpha value is -2.18. The lowest BCUT2D eigenvalue weighted by Gasteiger charge is -2.03. The topological polar surface area (TPSA) is 88.5 Å². The molecule has 1 aliphatic rings. The smallest absolute Gasteiger partial charge is 0.290 e. The summed E-state index contributed by atoms with van der Waals surface area (Å²) < 4.78 is 2.03. The minimum Gasteiger partial charge on any atom is -0.349 e. The molecule has 0 atom stereocenters. The standard InChI is InChI=1S/C13H18N6O/c20-13(12-16-11(17-18-12)10-3-4-10)15-5-1-2-7-19-8-6-14-9-19/h6,8-10H,1-5,7H2,(H,15,20)(H,16,17,18). The van der Waals surface area contributed by atoms with Gasteiger partial charge in [0, 0.05) is 31.4 Å². The van der Waals surface area contributed by atoms with Crippen molar-refractivity contribution in [2.45, 2.75) is 38.1 Å². The number of unbranched alkanes of at least 4 members (excludes halogenated alkanes) is 1. The molecule has 2 aromatic rings. The fraction of sp³-hybridized carbons (Fsp3) is 0.538. The van der Waals surface area contributed by atoms with Crippen LogP contribution in [-0.2, 0) is 6.54 Å². The highest BCUT2D eigenvalue weighted by molar-refractivity contribution is 5.90. The van der Waals surface area contributed by atoms with E-state index in [1.807, 2.05) is 10.8 Å². The molecule has 2 heterocycles. The number of rotatable bonds is 7. The molecule has 0 aliphatic heterocycles. The zero-order valence-corrected chi connectivity index (χ0v) is 11.2. The maximum Gasteiger partial charge on any atom is 0.290 e. The first-order chi connectivity index (χ1) is 9.83. The highest BCUT2D eigenvalue weighted by Crippen LogP contribution is 2.37. The van der Waals surface area contributed by atoms with E-state index in [0.717, 1.165) is 38.1 Å². The first-order valence-corrected chi connectivity index (χ1v) is 6.99. The van der Waals surface area contributed by atoms with Crippen LogP contribution in [0.5, 0.6) is 0 Å². The van der Waals surface area contributed by atoms with Crippen molar-refractivity contribution in [1.82, 2.24) is 30.0 Å². The normalized spacial score (nSPS) is 14.4. The summed E-state index contributed by atoms with van der Waals surface area (Å²) in [5.74, 6) is 1.38. The molecule has 0 spiro atoms. The Morgan fingerprint density at radius 1 is 1.45 bits per heavy atom. The Morgan fingerprint density at radius 3 is 3.10 bits per heavy atom. The molecule has 0 unspecified atom stereocenters. The summed E-state index contributed by atoms with van der Waals surface area (Å²) in [6.45, 7) is 1.56. The fourth-order valence-electron chi connectivity index (χ4n) is 2.03. The van der Waals surface area contributed by atoms with Crippen molar-refractivity contribution >= 4 is 5.91 Å². The van der Waals surface area contributed by atoms with Gasteiger partial charge in [-0.1, -0.05) is 0 Å². The molecule has 20 heavy (non-hydrogen) atoms. The third-order valence-electron chi connectivity index (χ3n) is 3.36. The maximum atomic E-state index is 11.8. The van der Waals surface area contributed by atoms with Gasteiger partial charge in [0.05, 0.1) is 6.33 Å². The van der Waals surface area contributed by atoms with E-state index in [2.05, 4.69) is 25.5 Å². The molecule has 1 fully saturated rings. The van der Waals surface area contributed by atoms with E-state index in [9.17, 15) is 4.79 Å². The number of aromatic nitrogens is 5. The van der Waals surface area contributed by atoms with E-state index in [0.29, 0.717) is 12.5 Å². The van der Waals surface area contributed by atoms with Gasteiger partial charge in [-0.05, 0) is 25.7 Å². The molecule has 7 nitrogen and oxygen atoms in total. The summed E-state index contributed by atoms with van der Waals surface area (Å²) in [6.07, 6.45) is 9.70. The highest BCUT2D eigenvalue weighted by atomic mass is 16.2. The molecule has 1 saturated carbocycles. The average molecular weight is 274 g/mol. The van der Waals surface area contributed by atoms with Crippen molar-refractivity contribution < 1.29 is 4.79 Å². The Morgan fingerprint density at radius 2 is 2.35 bits per heavy atom. The van der Waals surface area contributed by atoms with Gasteiger partial charge in [0.25, 0.3) is 5.91 Å². The number of nitrogens with zero attached hydrogens (tertiary/aromatic N) is 4. The van der Waals surface area contributed by atoms with Crippen molar-refractivity contribution in [3.05, 3.63) is 30.4 Å². The molecule has 0 bridgehead atoms. The number of H-pyrrole nitrogens is 1. The van der Waals surface area contributed by atoms with Crippen LogP contribution < -0.4 is 5.32 Å². The number of nitrogens with one attached hydrogen (secondary N) is 2. The SMILES string of the molecule is O=C(NCCCCn1ccnc1)c1n[nH]c(C2CC2)n1. The number of imidazole rings is 1. The number of hydrogen-bond donors (Lipinski definition) is 2. The minimum atomic E-state index is -0.198. The van der Waals surface area contributed by atoms with E-state index >= 15 is 0 Å². The van der Waals surface area contributed by atoms with E-state index in [-0.39, 0.29) is 11.7 Å². The molecule has 2 N–H and O–H groups in total. The molecule has 1 aliphatic carbocycles. The molecule has 1 amide bonds. The summed E-state index contributed by atoms with van der Waals surface area (Å²) in [4.78, 5) is 20.0. The zero-order chi connectivity index (χ0) is 13.8. The second-order valence-corrected chi connectivity index (χ2v) is 5.08. The van der Waals surface area contributed by atoms with Gasteiger partial charge in [0.2, 0.25) is 5.82 Å². The van der Waals surface area contributed by atoms with Crippen LogP contribution in [-0.4, -0.2) is 37.2 Å². The minimum absolute atomic E-state index is 0.198. The van der Waals surface area contributed by atoms with Gasteiger partial charge in [-0.15, -0.1) is 5.10 Å². The first kappa shape index (κ1) is 12.8. The second-order valence-electron chi connectivity index (χ2n) is 5.08. The number of amides is 1. The quantitative estimate of drug-likeness (QED) is 0.740. The second kappa shape index (κ2) is 5.85. The van der Waals surface area contributed by atoms with Crippen LogP contribution in [0.3, 0.4) is 0 Å². The van der Waals surface area contributed by atoms with E-state index < -0.39 is 0 Å². The number of hydrogen-bond acceptors (Lipinski definition) is 4. The van der Waals surface area contributed by atoms with Crippen LogP contribution >= 0.6 is 0 Å². The first-order valence-electron chi connectivity index (χ1n) is 6.99. The fourth-order valence-corrected chi connectivity index (χ4v) is 2.03. The van der Waals surface area contributed by atoms with Gasteiger partial charge in [0.15, 0.2) is 0 Å². The lowest BCUT2D eigenvalue weighted by Crippen LogP contribution is -2.25. The van der Waals surface area contributed by atoms with Crippen molar-refractivity contribution in [2.75, 3.05) is 6.54 Å². The zero-order valence-electron chi connectivity index (χ0n) is 11.2. The summed E-state index contributed by atoms with van der Waals surface area (Å²) in [6, 6.07) is 0. The van der Waals surface area contributed by atoms with Crippen LogP contribution in [0.2, 0.25) is 0 Å². The van der Waals surface area contributed by atoms with Gasteiger partial charge >= 0.3 is 0 Å². The molecule has 7 heteroatoms. The molecule has 106 valence electrons. The van der Waals surface area contributed by atoms with Gasteiger partial charge in [0.1, 0.15) is 5.82 Å². The van der Waals surface area contributed by atoms with Crippen LogP contribution in [0, 0.1) is 0 Å². The number of aromatic amines is 1. The predicted molar refractivity (Wildman–Crippen MR) is 72.2 cm³/mol. The molecule has 2 aromatic heterocycles. The molecule has 0 aromatic carbocycles. The third kappa shape index (κ3) is 3.23. The van der Waals surface area contributed by atoms with Gasteiger partial charge in [-0.25, -0.2) is 9.97 Å². The number of aryl methyl sites for hydroxylation is 1. The number of carbonyl (C=O) groups is 1. The summed E-state index contributed by atoms with van der Waals surface area (Å²) in [5.41, 5.74) is 0. The van der Waals surface area contributed by atoms with Crippen LogP contribution in [0.15, 0.2) is 18.7 Å².